The van der Waals surface area contributed by atoms with E-state index in [2.05, 4.69) is 5.16 Å². The van der Waals surface area contributed by atoms with Crippen LogP contribution in [0.3, 0.4) is 0 Å². The summed E-state index contributed by atoms with van der Waals surface area (Å²) in [5, 5.41) is 3.63. The zero-order chi connectivity index (χ0) is 12.1. The lowest BCUT2D eigenvalue weighted by Gasteiger charge is -2.05. The number of ether oxygens (including phenoxy) is 2. The maximum atomic E-state index is 5.48. The molecule has 5 nitrogen and oxygen atoms in total. The SMILES string of the molecule is COCCOc1ccc(-c2cc(N)no2)cc1. The van der Waals surface area contributed by atoms with Crippen LogP contribution in [0.15, 0.2) is 34.9 Å². The van der Waals surface area contributed by atoms with E-state index in [1.165, 1.54) is 0 Å². The monoisotopic (exact) mass is 234 g/mol. The molecule has 0 spiro atoms. The lowest BCUT2D eigenvalue weighted by Crippen LogP contribution is -2.03. The summed E-state index contributed by atoms with van der Waals surface area (Å²) in [5.41, 5.74) is 6.39. The highest BCUT2D eigenvalue weighted by molar-refractivity contribution is 5.60. The van der Waals surface area contributed by atoms with Crippen LogP contribution in [-0.2, 0) is 4.74 Å². The van der Waals surface area contributed by atoms with Crippen LogP contribution in [0.2, 0.25) is 0 Å². The Hall–Kier alpha value is -2.01. The van der Waals surface area contributed by atoms with Crippen molar-refractivity contribution < 1.29 is 14.0 Å². The van der Waals surface area contributed by atoms with Gasteiger partial charge in [0.2, 0.25) is 0 Å². The van der Waals surface area contributed by atoms with Gasteiger partial charge in [0.05, 0.1) is 6.61 Å². The van der Waals surface area contributed by atoms with Crippen LogP contribution in [0.4, 0.5) is 5.82 Å². The molecule has 1 heterocycles. The number of benzene rings is 1. The molecule has 2 aromatic rings. The average molecular weight is 234 g/mol. The summed E-state index contributed by atoms with van der Waals surface area (Å²) in [5.74, 6) is 1.81. The second kappa shape index (κ2) is 5.36. The second-order valence-electron chi connectivity index (χ2n) is 3.48. The molecule has 0 fully saturated rings. The molecule has 2 N–H and O–H groups in total. The predicted molar refractivity (Wildman–Crippen MR) is 63.7 cm³/mol. The van der Waals surface area contributed by atoms with Gasteiger partial charge in [0.1, 0.15) is 12.4 Å². The van der Waals surface area contributed by atoms with E-state index in [0.29, 0.717) is 24.8 Å². The molecule has 0 bridgehead atoms. The Bertz CT molecular complexity index is 465. The smallest absolute Gasteiger partial charge is 0.169 e. The first kappa shape index (κ1) is 11.5. The quantitative estimate of drug-likeness (QED) is 0.800. The van der Waals surface area contributed by atoms with Crippen LogP contribution >= 0.6 is 0 Å². The first-order valence-corrected chi connectivity index (χ1v) is 5.24. The summed E-state index contributed by atoms with van der Waals surface area (Å²) < 4.78 is 15.4. The van der Waals surface area contributed by atoms with Gasteiger partial charge in [-0.1, -0.05) is 5.16 Å². The fourth-order valence-corrected chi connectivity index (χ4v) is 1.38. The molecule has 0 atom stereocenters. The van der Waals surface area contributed by atoms with Gasteiger partial charge in [-0.3, -0.25) is 0 Å². The highest BCUT2D eigenvalue weighted by Gasteiger charge is 2.04. The summed E-state index contributed by atoms with van der Waals surface area (Å²) in [4.78, 5) is 0. The fraction of sp³-hybridized carbons (Fsp3) is 0.250. The number of hydrogen-bond acceptors (Lipinski definition) is 5. The summed E-state index contributed by atoms with van der Waals surface area (Å²) in [6.45, 7) is 1.10. The van der Waals surface area contributed by atoms with Crippen molar-refractivity contribution in [2.75, 3.05) is 26.1 Å². The van der Waals surface area contributed by atoms with Crippen molar-refractivity contribution in [1.29, 1.82) is 0 Å². The molecule has 1 aromatic carbocycles. The summed E-state index contributed by atoms with van der Waals surface area (Å²) in [6, 6.07) is 9.19. The number of hydrogen-bond donors (Lipinski definition) is 1. The molecule has 0 aliphatic carbocycles. The van der Waals surface area contributed by atoms with Crippen molar-refractivity contribution in [2.24, 2.45) is 0 Å². The Morgan fingerprint density at radius 1 is 1.24 bits per heavy atom. The molecule has 2 rings (SSSR count). The van der Waals surface area contributed by atoms with Gasteiger partial charge >= 0.3 is 0 Å². The number of nitrogens with zero attached hydrogens (tertiary/aromatic N) is 1. The van der Waals surface area contributed by atoms with E-state index in [9.17, 15) is 0 Å². The largest absolute Gasteiger partial charge is 0.491 e. The molecule has 0 aliphatic heterocycles. The minimum atomic E-state index is 0.375. The predicted octanol–water partition coefficient (Wildman–Crippen LogP) is 1.95. The van der Waals surface area contributed by atoms with Gasteiger partial charge in [-0.15, -0.1) is 0 Å². The van der Waals surface area contributed by atoms with Gasteiger partial charge in [-0.2, -0.15) is 0 Å². The van der Waals surface area contributed by atoms with Gasteiger partial charge in [0.25, 0.3) is 0 Å². The number of nitrogen functional groups attached to an aromatic ring is 1. The van der Waals surface area contributed by atoms with Gasteiger partial charge in [-0.05, 0) is 24.3 Å². The van der Waals surface area contributed by atoms with Crippen molar-refractivity contribution in [3.8, 4) is 17.1 Å². The molecular formula is C12H14N2O3. The molecule has 90 valence electrons. The minimum absolute atomic E-state index is 0.375. The highest BCUT2D eigenvalue weighted by atomic mass is 16.5. The van der Waals surface area contributed by atoms with E-state index in [4.69, 9.17) is 19.7 Å². The molecule has 0 unspecified atom stereocenters. The van der Waals surface area contributed by atoms with E-state index in [0.717, 1.165) is 11.3 Å². The molecule has 5 heteroatoms. The Labute approximate surface area is 99.1 Å². The van der Waals surface area contributed by atoms with Crippen molar-refractivity contribution in [3.63, 3.8) is 0 Å². The van der Waals surface area contributed by atoms with Crippen molar-refractivity contribution in [1.82, 2.24) is 5.16 Å². The van der Waals surface area contributed by atoms with Crippen LogP contribution in [0.25, 0.3) is 11.3 Å². The minimum Gasteiger partial charge on any atom is -0.491 e. The number of methoxy groups -OCH3 is 1. The van der Waals surface area contributed by atoms with Crippen molar-refractivity contribution in [2.45, 2.75) is 0 Å². The van der Waals surface area contributed by atoms with E-state index in [-0.39, 0.29) is 0 Å². The van der Waals surface area contributed by atoms with Gasteiger partial charge in [0, 0.05) is 18.7 Å². The number of rotatable bonds is 5. The van der Waals surface area contributed by atoms with E-state index >= 15 is 0 Å². The molecule has 0 radical (unpaired) electrons. The molecule has 1 aromatic heterocycles. The maximum Gasteiger partial charge on any atom is 0.169 e. The standard InChI is InChI=1S/C12H14N2O3/c1-15-6-7-16-10-4-2-9(3-5-10)11-8-12(13)14-17-11/h2-5,8H,6-7H2,1H3,(H2,13,14). The Balaban J connectivity index is 2.02. The number of aromatic nitrogens is 1. The second-order valence-corrected chi connectivity index (χ2v) is 3.48. The molecule has 17 heavy (non-hydrogen) atoms. The highest BCUT2D eigenvalue weighted by Crippen LogP contribution is 2.23. The van der Waals surface area contributed by atoms with Crippen LogP contribution in [0.1, 0.15) is 0 Å². The molecule has 0 saturated carbocycles. The normalized spacial score (nSPS) is 10.4. The van der Waals surface area contributed by atoms with Crippen LogP contribution < -0.4 is 10.5 Å². The third-order valence-electron chi connectivity index (χ3n) is 2.22. The number of nitrogens with two attached hydrogens (primary N) is 1. The zero-order valence-corrected chi connectivity index (χ0v) is 9.55. The topological polar surface area (TPSA) is 70.5 Å². The molecular weight excluding hydrogens is 220 g/mol. The van der Waals surface area contributed by atoms with Gasteiger partial charge in [0.15, 0.2) is 11.6 Å². The third-order valence-corrected chi connectivity index (χ3v) is 2.22. The molecule has 0 aliphatic rings. The lowest BCUT2D eigenvalue weighted by molar-refractivity contribution is 0.146. The average Bonchev–Trinajstić information content (AvgIpc) is 2.77. The third kappa shape index (κ3) is 2.98. The van der Waals surface area contributed by atoms with Crippen LogP contribution in [0, 0.1) is 0 Å². The van der Waals surface area contributed by atoms with Crippen molar-refractivity contribution in [3.05, 3.63) is 30.3 Å². The molecule has 0 saturated heterocycles. The number of anilines is 1. The summed E-state index contributed by atoms with van der Waals surface area (Å²) in [7, 11) is 1.64. The van der Waals surface area contributed by atoms with Crippen LogP contribution in [0.5, 0.6) is 5.75 Å². The van der Waals surface area contributed by atoms with Gasteiger partial charge in [-0.25, -0.2) is 0 Å². The Kier molecular flexibility index (Phi) is 3.62. The first-order chi connectivity index (χ1) is 8.29. The van der Waals surface area contributed by atoms with Crippen LogP contribution in [-0.4, -0.2) is 25.5 Å². The summed E-state index contributed by atoms with van der Waals surface area (Å²) >= 11 is 0. The van der Waals surface area contributed by atoms with Gasteiger partial charge < -0.3 is 19.7 Å². The molecule has 0 amide bonds. The van der Waals surface area contributed by atoms with E-state index in [1.807, 2.05) is 24.3 Å². The fourth-order valence-electron chi connectivity index (χ4n) is 1.38. The first-order valence-electron chi connectivity index (χ1n) is 5.24. The zero-order valence-electron chi connectivity index (χ0n) is 9.55. The van der Waals surface area contributed by atoms with Crippen molar-refractivity contribution >= 4 is 5.82 Å². The van der Waals surface area contributed by atoms with E-state index < -0.39 is 0 Å². The maximum absolute atomic E-state index is 5.48. The van der Waals surface area contributed by atoms with E-state index in [1.54, 1.807) is 13.2 Å². The lowest BCUT2D eigenvalue weighted by atomic mass is 10.2. The Morgan fingerprint density at radius 2 is 2.00 bits per heavy atom. The summed E-state index contributed by atoms with van der Waals surface area (Å²) in [6.07, 6.45) is 0. The Morgan fingerprint density at radius 3 is 2.59 bits per heavy atom.